The number of rotatable bonds is 25. The summed E-state index contributed by atoms with van der Waals surface area (Å²) in [6.45, 7) is 4.84. The first-order valence-corrected chi connectivity index (χ1v) is 24.9. The molecular formula is C57H53Cl2N11O6. The van der Waals surface area contributed by atoms with Gasteiger partial charge in [0.2, 0.25) is 11.8 Å². The van der Waals surface area contributed by atoms with E-state index in [2.05, 4.69) is 59.5 Å². The van der Waals surface area contributed by atoms with Crippen LogP contribution in [-0.2, 0) is 61.8 Å². The van der Waals surface area contributed by atoms with Gasteiger partial charge in [0.1, 0.15) is 61.6 Å². The summed E-state index contributed by atoms with van der Waals surface area (Å²) >= 11 is 13.9. The van der Waals surface area contributed by atoms with Gasteiger partial charge in [-0.1, -0.05) is 59.6 Å². The van der Waals surface area contributed by atoms with Crippen LogP contribution in [0.4, 0.5) is 0 Å². The van der Waals surface area contributed by atoms with E-state index in [9.17, 15) is 20.1 Å². The zero-order valence-corrected chi connectivity index (χ0v) is 43.1. The molecule has 0 saturated carbocycles. The highest BCUT2D eigenvalue weighted by Crippen LogP contribution is 2.38. The first kappa shape index (κ1) is 53.5. The Balaban J connectivity index is 0.990. The van der Waals surface area contributed by atoms with Gasteiger partial charge in [0, 0.05) is 103 Å². The van der Waals surface area contributed by atoms with Gasteiger partial charge in [0.05, 0.1) is 39.9 Å². The minimum absolute atomic E-state index is 0.0934. The Morgan fingerprint density at radius 1 is 0.605 bits per heavy atom. The van der Waals surface area contributed by atoms with E-state index in [0.29, 0.717) is 86.5 Å². The highest BCUT2D eigenvalue weighted by atomic mass is 35.5. The van der Waals surface area contributed by atoms with Crippen LogP contribution in [-0.4, -0.2) is 47.8 Å². The van der Waals surface area contributed by atoms with Gasteiger partial charge < -0.3 is 45.7 Å². The number of nitrogens with one attached hydrogen (secondary N) is 3. The third kappa shape index (κ3) is 13.9. The Morgan fingerprint density at radius 3 is 1.59 bits per heavy atom. The molecule has 0 bridgehead atoms. The van der Waals surface area contributed by atoms with Gasteiger partial charge in [-0.2, -0.15) is 10.5 Å². The van der Waals surface area contributed by atoms with Crippen LogP contribution in [0.1, 0.15) is 73.4 Å². The summed E-state index contributed by atoms with van der Waals surface area (Å²) in [5, 5.41) is 22.8. The number of aromatic nitrogens is 6. The van der Waals surface area contributed by atoms with Crippen LogP contribution < -0.4 is 35.7 Å². The number of nitriles is 2. The molecule has 7 N–H and O–H groups in total. The molecule has 0 fully saturated rings. The van der Waals surface area contributed by atoms with Gasteiger partial charge in [0.15, 0.2) is 0 Å². The van der Waals surface area contributed by atoms with E-state index < -0.39 is 23.8 Å². The topological polar surface area (TPSA) is 266 Å². The van der Waals surface area contributed by atoms with Crippen molar-refractivity contribution in [3.63, 3.8) is 0 Å². The molecule has 0 aliphatic rings. The molecule has 4 aromatic carbocycles. The molecule has 8 rings (SSSR count). The summed E-state index contributed by atoms with van der Waals surface area (Å²) in [5.74, 6) is 0.277. The van der Waals surface area contributed by atoms with Gasteiger partial charge in [-0.05, 0) is 89.9 Å². The zero-order chi connectivity index (χ0) is 53.6. The molecule has 0 aliphatic carbocycles. The van der Waals surface area contributed by atoms with Crippen LogP contribution in [0.15, 0.2) is 123 Å². The number of carbonyl (C=O) groups excluding carboxylic acids is 2. The number of nitrogens with two attached hydrogens (primary N) is 2. The van der Waals surface area contributed by atoms with Crippen LogP contribution >= 0.6 is 23.2 Å². The fraction of sp³-hybridized carbons (Fsp3) is 0.228. The van der Waals surface area contributed by atoms with Crippen LogP contribution in [0.5, 0.6) is 23.0 Å². The number of hydrogen-bond acceptors (Lipinski definition) is 13. The molecule has 0 aliphatic heterocycles. The van der Waals surface area contributed by atoms with E-state index in [1.54, 1.807) is 67.5 Å². The predicted octanol–water partition coefficient (Wildman–Crippen LogP) is 9.04. The molecule has 4 aromatic heterocycles. The number of aromatic amines is 2. The van der Waals surface area contributed by atoms with Crippen molar-refractivity contribution >= 4 is 35.0 Å². The van der Waals surface area contributed by atoms with Crippen LogP contribution in [0.3, 0.4) is 0 Å². The third-order valence-corrected chi connectivity index (χ3v) is 13.5. The second kappa shape index (κ2) is 25.5. The second-order valence-corrected chi connectivity index (χ2v) is 18.9. The number of hydrogen-bond donors (Lipinski definition) is 5. The van der Waals surface area contributed by atoms with Gasteiger partial charge >= 0.3 is 0 Å². The standard InChI is InChI=1S/C57H53Cl2N11O6/c1-34-42(30-75-54-17-52(73-28-38-11-36(19-60)21-64-23-38)40(14-49(54)58)9-10-41(56(62)71)13-45-26-66-32-69-45)5-3-7-47(34)48-8-4-6-43(35(48)2)31-76-55-18-53(74-29-39-12-37(20-61)22-65-24-39)44(15-50(55)59)25-68-51(57(63)72)16-46-27-67-33-70-46/h3-8,11-12,14-15,17-18,21-24,26-27,32-33,41,51,68H,9-10,13,16,25,28-31H2,1-2H3,(H2,62,71)(H2,63,72)(H,66,69)(H,67,70)/t41-,51-/m0/s1. The van der Waals surface area contributed by atoms with Gasteiger partial charge in [-0.15, -0.1) is 0 Å². The fourth-order valence-corrected chi connectivity index (χ4v) is 9.07. The maximum Gasteiger partial charge on any atom is 0.234 e. The number of pyridine rings is 2. The monoisotopic (exact) mass is 1060 g/mol. The average Bonchev–Trinajstić information content (AvgIpc) is 4.16. The molecule has 2 atom stereocenters. The molecule has 0 saturated heterocycles. The van der Waals surface area contributed by atoms with E-state index in [1.165, 1.54) is 18.7 Å². The maximum absolute atomic E-state index is 12.5. The molecule has 8 aromatic rings. The first-order valence-electron chi connectivity index (χ1n) is 24.1. The summed E-state index contributed by atoms with van der Waals surface area (Å²) < 4.78 is 25.6. The lowest BCUT2D eigenvalue weighted by atomic mass is 9.92. The van der Waals surface area contributed by atoms with Gasteiger partial charge in [0.25, 0.3) is 0 Å². The number of aryl methyl sites for hydroxylation is 1. The highest BCUT2D eigenvalue weighted by molar-refractivity contribution is 6.32. The molecule has 19 heteroatoms. The number of imidazole rings is 2. The molecule has 76 heavy (non-hydrogen) atoms. The van der Waals surface area contributed by atoms with Crippen molar-refractivity contribution in [3.8, 4) is 46.3 Å². The number of amides is 2. The minimum atomic E-state index is -0.720. The SMILES string of the molecule is Cc1c(COc2cc(OCc3cncc(C#N)c3)c(CC[C@@H](Cc3cnc[nH]3)C(N)=O)cc2Cl)cccc1-c1cccc(COc2cc(OCc3cncc(C#N)c3)c(CN[C@@H](Cc3cnc[nH]3)C(N)=O)cc2Cl)c1C. The second-order valence-electron chi connectivity index (χ2n) is 18.0. The number of benzene rings is 4. The summed E-state index contributed by atoms with van der Waals surface area (Å²) in [6, 6.07) is 26.0. The quantitative estimate of drug-likeness (QED) is 0.0358. The normalized spacial score (nSPS) is 11.8. The van der Waals surface area contributed by atoms with Crippen molar-refractivity contribution in [2.75, 3.05) is 0 Å². The Morgan fingerprint density at radius 2 is 1.11 bits per heavy atom. The Bertz CT molecular complexity index is 3190. The lowest BCUT2D eigenvalue weighted by Gasteiger charge is -2.20. The van der Waals surface area contributed by atoms with Gasteiger partial charge in [-0.25, -0.2) is 9.97 Å². The Labute approximate surface area is 449 Å². The Kier molecular flexibility index (Phi) is 17.9. The summed E-state index contributed by atoms with van der Waals surface area (Å²) in [6.07, 6.45) is 14.2. The van der Waals surface area contributed by atoms with E-state index in [4.69, 9.17) is 53.6 Å². The number of halogens is 2. The lowest BCUT2D eigenvalue weighted by Crippen LogP contribution is -2.42. The van der Waals surface area contributed by atoms with Crippen LogP contribution in [0.2, 0.25) is 10.0 Å². The zero-order valence-electron chi connectivity index (χ0n) is 41.6. The maximum atomic E-state index is 12.5. The summed E-state index contributed by atoms with van der Waals surface area (Å²) in [5.41, 5.74) is 22.6. The number of ether oxygens (including phenoxy) is 4. The third-order valence-electron chi connectivity index (χ3n) is 12.9. The van der Waals surface area contributed by atoms with E-state index >= 15 is 0 Å². The molecule has 0 spiro atoms. The molecule has 2 amide bonds. The highest BCUT2D eigenvalue weighted by Gasteiger charge is 2.22. The summed E-state index contributed by atoms with van der Waals surface area (Å²) in [7, 11) is 0. The van der Waals surface area contributed by atoms with E-state index in [0.717, 1.165) is 50.3 Å². The number of carbonyl (C=O) groups is 2. The predicted molar refractivity (Wildman–Crippen MR) is 285 cm³/mol. The largest absolute Gasteiger partial charge is 0.488 e. The molecule has 0 radical (unpaired) electrons. The minimum Gasteiger partial charge on any atom is -0.488 e. The molecule has 4 heterocycles. The molecule has 17 nitrogen and oxygen atoms in total. The van der Waals surface area contributed by atoms with Crippen molar-refractivity contribution in [1.29, 1.82) is 10.5 Å². The van der Waals surface area contributed by atoms with E-state index in [1.807, 2.05) is 38.1 Å². The Hall–Kier alpha value is -8.74. The number of H-pyrrole nitrogens is 2. The fourth-order valence-electron chi connectivity index (χ4n) is 8.59. The van der Waals surface area contributed by atoms with Crippen molar-refractivity contribution in [2.24, 2.45) is 17.4 Å². The van der Waals surface area contributed by atoms with Crippen molar-refractivity contribution in [3.05, 3.63) is 200 Å². The van der Waals surface area contributed by atoms with Crippen molar-refractivity contribution in [1.82, 2.24) is 35.2 Å². The summed E-state index contributed by atoms with van der Waals surface area (Å²) in [4.78, 5) is 47.5. The van der Waals surface area contributed by atoms with Gasteiger partial charge in [-0.3, -0.25) is 19.6 Å². The molecule has 0 unspecified atom stereocenters. The number of primary amides is 2. The number of nitrogens with zero attached hydrogens (tertiary/aromatic N) is 6. The smallest absolute Gasteiger partial charge is 0.234 e. The van der Waals surface area contributed by atoms with Crippen LogP contribution in [0, 0.1) is 42.4 Å². The lowest BCUT2D eigenvalue weighted by molar-refractivity contribution is -0.122. The first-order chi connectivity index (χ1) is 36.8. The molecular weight excluding hydrogens is 1010 g/mol. The molecule has 386 valence electrons. The van der Waals surface area contributed by atoms with Crippen LogP contribution in [0.25, 0.3) is 11.1 Å². The van der Waals surface area contributed by atoms with Crippen molar-refractivity contribution < 1.29 is 28.5 Å². The van der Waals surface area contributed by atoms with E-state index in [-0.39, 0.29) is 33.0 Å². The average molecular weight is 1060 g/mol. The van der Waals surface area contributed by atoms with Crippen molar-refractivity contribution in [2.45, 2.75) is 78.5 Å².